The van der Waals surface area contributed by atoms with Gasteiger partial charge >= 0.3 is 0 Å². The number of fused-ring (bicyclic) bond motifs is 5. The fraction of sp³-hybridized carbons (Fsp3) is 0.857. The number of ether oxygens (including phenoxy) is 5. The standard InChI is InChI=1S/C42H62O17/c1-35(2)17-9-10-23-37(5)12-19(45)29(40(8,53)42-30-33(36(3,4)59-42)58-32(25(48)20(46)14-43)41(30,54)16-55-42)38(37,6)13-24(47)39(23,7)18(17)11-21(31(35)52)56-34-28(51)27(50)26(49)22(15-44)57-34/h9,11,18-20,22-23,25-30,32-34,43-46,48-51,53-54H,10,12-16H2,1-8H3. The molecule has 8 aliphatic rings. The molecule has 10 N–H and O–H groups in total. The molecule has 4 heterocycles. The van der Waals surface area contributed by atoms with Gasteiger partial charge in [0, 0.05) is 23.7 Å². The molecule has 4 saturated heterocycles. The number of aliphatic hydroxyl groups is 10. The molecule has 0 aromatic carbocycles. The third-order valence-corrected chi connectivity index (χ3v) is 17.0. The van der Waals surface area contributed by atoms with Crippen LogP contribution in [0, 0.1) is 45.3 Å². The Hall–Kier alpha value is -1.94. The van der Waals surface area contributed by atoms with Crippen molar-refractivity contribution in [2.24, 2.45) is 45.3 Å². The number of allylic oxidation sites excluding steroid dienone is 4. The van der Waals surface area contributed by atoms with E-state index < -0.39 is 155 Å². The highest BCUT2D eigenvalue weighted by molar-refractivity contribution is 6.02. The molecule has 4 aliphatic carbocycles. The summed E-state index contributed by atoms with van der Waals surface area (Å²) in [5.74, 6) is -6.29. The lowest BCUT2D eigenvalue weighted by Gasteiger charge is -2.64. The van der Waals surface area contributed by atoms with Gasteiger partial charge in [-0.3, -0.25) is 9.59 Å². The van der Waals surface area contributed by atoms with Gasteiger partial charge < -0.3 is 74.7 Å². The smallest absolute Gasteiger partial charge is 0.229 e. The van der Waals surface area contributed by atoms with E-state index in [1.54, 1.807) is 33.8 Å². The monoisotopic (exact) mass is 838 g/mol. The van der Waals surface area contributed by atoms with Crippen molar-refractivity contribution in [2.45, 2.75) is 158 Å². The summed E-state index contributed by atoms with van der Waals surface area (Å²) in [6.07, 6.45) is -11.2. The molecule has 20 atom stereocenters. The van der Waals surface area contributed by atoms with Crippen LogP contribution in [-0.2, 0) is 33.3 Å². The number of hydrogen-bond donors (Lipinski definition) is 10. The summed E-state index contributed by atoms with van der Waals surface area (Å²) in [7, 11) is 0. The highest BCUT2D eigenvalue weighted by Crippen LogP contribution is 2.76. The summed E-state index contributed by atoms with van der Waals surface area (Å²) >= 11 is 0. The molecule has 0 aromatic heterocycles. The zero-order valence-electron chi connectivity index (χ0n) is 34.8. The number of rotatable bonds is 8. The quantitative estimate of drug-likeness (QED) is 0.123. The van der Waals surface area contributed by atoms with E-state index >= 15 is 4.79 Å². The topological polar surface area (TPSA) is 283 Å². The van der Waals surface area contributed by atoms with Crippen LogP contribution in [0.25, 0.3) is 0 Å². The van der Waals surface area contributed by atoms with E-state index in [1.165, 1.54) is 6.92 Å². The number of aliphatic hydroxyl groups excluding tert-OH is 8. The van der Waals surface area contributed by atoms with Crippen LogP contribution in [0.5, 0.6) is 0 Å². The Morgan fingerprint density at radius 1 is 0.949 bits per heavy atom. The molecule has 17 heteroatoms. The van der Waals surface area contributed by atoms with Crippen molar-refractivity contribution in [3.63, 3.8) is 0 Å². The molecule has 2 saturated carbocycles. The Bertz CT molecular complexity index is 1830. The first-order chi connectivity index (χ1) is 27.2. The second-order valence-electron chi connectivity index (χ2n) is 20.7. The number of Topliss-reactive ketones (excluding diaryl/α,β-unsaturated/α-hetero) is 2. The summed E-state index contributed by atoms with van der Waals surface area (Å²) in [4.78, 5) is 29.3. The Morgan fingerprint density at radius 3 is 2.24 bits per heavy atom. The molecule has 0 aromatic rings. The zero-order chi connectivity index (χ0) is 43.6. The molecule has 0 bridgehead atoms. The molecule has 17 nitrogen and oxygen atoms in total. The summed E-state index contributed by atoms with van der Waals surface area (Å²) in [5.41, 5.74) is -9.01. The number of carbonyl (C=O) groups excluding carboxylic acids is 2. The lowest BCUT2D eigenvalue weighted by atomic mass is 9.39. The normalized spacial score (nSPS) is 52.7. The van der Waals surface area contributed by atoms with Crippen LogP contribution in [0.1, 0.15) is 74.7 Å². The molecule has 6 fully saturated rings. The van der Waals surface area contributed by atoms with E-state index in [0.29, 0.717) is 12.0 Å². The van der Waals surface area contributed by atoms with Crippen LogP contribution in [0.2, 0.25) is 0 Å². The fourth-order valence-electron chi connectivity index (χ4n) is 13.7. The van der Waals surface area contributed by atoms with Crippen molar-refractivity contribution >= 4 is 11.6 Å². The van der Waals surface area contributed by atoms with Crippen molar-refractivity contribution in [3.05, 3.63) is 23.5 Å². The van der Waals surface area contributed by atoms with Gasteiger partial charge in [0.25, 0.3) is 0 Å². The first kappa shape index (κ1) is 43.7. The van der Waals surface area contributed by atoms with E-state index in [4.69, 9.17) is 23.7 Å². The molecule has 332 valence electrons. The molecular weight excluding hydrogens is 776 g/mol. The van der Waals surface area contributed by atoms with Gasteiger partial charge in [-0.05, 0) is 70.3 Å². The molecule has 59 heavy (non-hydrogen) atoms. The summed E-state index contributed by atoms with van der Waals surface area (Å²) in [6.45, 7) is 12.0. The van der Waals surface area contributed by atoms with Crippen LogP contribution in [-0.4, -0.2) is 166 Å². The van der Waals surface area contributed by atoms with Crippen molar-refractivity contribution in [1.29, 1.82) is 0 Å². The predicted octanol–water partition coefficient (Wildman–Crippen LogP) is -1.65. The predicted molar refractivity (Wildman–Crippen MR) is 200 cm³/mol. The molecule has 0 amide bonds. The largest absolute Gasteiger partial charge is 0.459 e. The highest BCUT2D eigenvalue weighted by Gasteiger charge is 2.85. The number of ketones is 2. The first-order valence-electron chi connectivity index (χ1n) is 20.7. The van der Waals surface area contributed by atoms with Crippen LogP contribution in [0.3, 0.4) is 0 Å². The van der Waals surface area contributed by atoms with Gasteiger partial charge in [0.05, 0.1) is 49.0 Å². The average molecular weight is 839 g/mol. The molecular formula is C42H62O17. The Labute approximate surface area is 342 Å². The maximum atomic E-state index is 15.2. The van der Waals surface area contributed by atoms with Gasteiger partial charge in [0.2, 0.25) is 17.9 Å². The minimum Gasteiger partial charge on any atom is -0.459 e. The lowest BCUT2D eigenvalue weighted by molar-refractivity contribution is -0.340. The van der Waals surface area contributed by atoms with E-state index in [-0.39, 0.29) is 24.4 Å². The SMILES string of the molecule is CC1(C)C(=O)C(OC2OC(CO)C(O)C(O)C2O)=CC2C1=CCC1C2(C)C(=O)CC2(C)C(C(C)(O)C34OCC5(O)C(C(O)C(O)CO)OC(C53)C(C)(C)O4)C(O)CC12C. The number of hydrogen-bond acceptors (Lipinski definition) is 17. The third kappa shape index (κ3) is 5.29. The van der Waals surface area contributed by atoms with Crippen molar-refractivity contribution < 1.29 is 84.3 Å². The van der Waals surface area contributed by atoms with Gasteiger partial charge in [0.1, 0.15) is 59.7 Å². The van der Waals surface area contributed by atoms with Crippen molar-refractivity contribution in [1.82, 2.24) is 0 Å². The lowest BCUT2D eigenvalue weighted by Crippen LogP contribution is -2.69. The summed E-state index contributed by atoms with van der Waals surface area (Å²) < 4.78 is 30.8. The van der Waals surface area contributed by atoms with Crippen LogP contribution < -0.4 is 0 Å². The maximum absolute atomic E-state index is 15.2. The van der Waals surface area contributed by atoms with E-state index in [0.717, 1.165) is 0 Å². The molecule has 4 aliphatic heterocycles. The van der Waals surface area contributed by atoms with E-state index in [9.17, 15) is 55.9 Å². The molecule has 8 rings (SSSR count). The minimum atomic E-state index is -2.12. The van der Waals surface area contributed by atoms with Gasteiger partial charge in [-0.15, -0.1) is 0 Å². The zero-order valence-corrected chi connectivity index (χ0v) is 34.8. The van der Waals surface area contributed by atoms with Gasteiger partial charge in [-0.25, -0.2) is 0 Å². The Balaban J connectivity index is 1.17. The van der Waals surface area contributed by atoms with Crippen molar-refractivity contribution in [2.75, 3.05) is 19.8 Å². The second kappa shape index (κ2) is 13.3. The molecule has 0 radical (unpaired) electrons. The highest BCUT2D eigenvalue weighted by atomic mass is 16.8. The van der Waals surface area contributed by atoms with Gasteiger partial charge in [-0.1, -0.05) is 32.4 Å². The number of carbonyl (C=O) groups is 2. The third-order valence-electron chi connectivity index (χ3n) is 17.0. The van der Waals surface area contributed by atoms with E-state index in [2.05, 4.69) is 0 Å². The van der Waals surface area contributed by atoms with Crippen molar-refractivity contribution in [3.8, 4) is 0 Å². The van der Waals surface area contributed by atoms with Crippen LogP contribution in [0.4, 0.5) is 0 Å². The molecule has 0 spiro atoms. The Morgan fingerprint density at radius 2 is 1.61 bits per heavy atom. The summed E-state index contributed by atoms with van der Waals surface area (Å²) in [5, 5.41) is 110. The summed E-state index contributed by atoms with van der Waals surface area (Å²) in [6, 6.07) is 0. The Kier molecular flexibility index (Phi) is 9.85. The van der Waals surface area contributed by atoms with Gasteiger partial charge in [0.15, 0.2) is 5.76 Å². The van der Waals surface area contributed by atoms with Crippen LogP contribution >= 0.6 is 0 Å². The minimum absolute atomic E-state index is 0.123. The fourth-order valence-corrected chi connectivity index (χ4v) is 13.7. The molecule has 20 unspecified atom stereocenters. The van der Waals surface area contributed by atoms with Crippen LogP contribution in [0.15, 0.2) is 23.5 Å². The van der Waals surface area contributed by atoms with E-state index in [1.807, 2.05) is 26.8 Å². The maximum Gasteiger partial charge on any atom is 0.229 e. The average Bonchev–Trinajstić information content (AvgIpc) is 3.79. The van der Waals surface area contributed by atoms with Gasteiger partial charge in [-0.2, -0.15) is 0 Å². The first-order valence-corrected chi connectivity index (χ1v) is 20.7. The second-order valence-corrected chi connectivity index (χ2v) is 20.7.